The van der Waals surface area contributed by atoms with E-state index in [1.54, 1.807) is 6.92 Å². The number of alkyl halides is 3. The average molecular weight is 343 g/mol. The molecule has 4 nitrogen and oxygen atoms in total. The molecule has 1 aliphatic rings. The van der Waals surface area contributed by atoms with E-state index in [4.69, 9.17) is 0 Å². The Morgan fingerprint density at radius 1 is 1.29 bits per heavy atom. The van der Waals surface area contributed by atoms with Crippen molar-refractivity contribution in [2.45, 2.75) is 44.9 Å². The van der Waals surface area contributed by atoms with E-state index in [9.17, 15) is 18.0 Å². The molecule has 0 aromatic heterocycles. The molecule has 1 aromatic carbocycles. The minimum Gasteiger partial charge on any atom is -0.324 e. The Bertz CT molecular complexity index is 554. The van der Waals surface area contributed by atoms with E-state index in [0.717, 1.165) is 38.5 Å². The van der Waals surface area contributed by atoms with E-state index in [1.807, 2.05) is 0 Å². The van der Waals surface area contributed by atoms with Gasteiger partial charge in [-0.2, -0.15) is 13.2 Å². The maximum atomic E-state index is 13.0. The number of carbonyl (C=O) groups is 1. The second kappa shape index (κ2) is 7.98. The molecular formula is C17H24F3N3O. The SMILES string of the molecule is CCN1CCC(N[C@H](C)C(=O)Nc2ccccc2C(F)(F)F)CC1. The first-order valence-electron chi connectivity index (χ1n) is 8.26. The van der Waals surface area contributed by atoms with Crippen molar-refractivity contribution in [2.75, 3.05) is 25.0 Å². The fraction of sp³-hybridized carbons (Fsp3) is 0.588. The zero-order chi connectivity index (χ0) is 17.7. The van der Waals surface area contributed by atoms with Gasteiger partial charge in [0, 0.05) is 6.04 Å². The number of benzene rings is 1. The number of anilines is 1. The molecule has 0 unspecified atom stereocenters. The normalized spacial score (nSPS) is 18.4. The number of amides is 1. The van der Waals surface area contributed by atoms with Gasteiger partial charge < -0.3 is 15.5 Å². The summed E-state index contributed by atoms with van der Waals surface area (Å²) in [7, 11) is 0. The second-order valence-corrected chi connectivity index (χ2v) is 6.13. The van der Waals surface area contributed by atoms with Crippen molar-refractivity contribution in [2.24, 2.45) is 0 Å². The van der Waals surface area contributed by atoms with Gasteiger partial charge in [-0.05, 0) is 51.5 Å². The molecule has 7 heteroatoms. The number of carbonyl (C=O) groups excluding carboxylic acids is 1. The summed E-state index contributed by atoms with van der Waals surface area (Å²) in [5.74, 6) is -0.454. The summed E-state index contributed by atoms with van der Waals surface area (Å²) in [6.07, 6.45) is -2.62. The number of piperidine rings is 1. The van der Waals surface area contributed by atoms with E-state index < -0.39 is 23.7 Å². The van der Waals surface area contributed by atoms with Gasteiger partial charge in [-0.25, -0.2) is 0 Å². The maximum absolute atomic E-state index is 13.0. The second-order valence-electron chi connectivity index (χ2n) is 6.13. The van der Waals surface area contributed by atoms with Crippen molar-refractivity contribution < 1.29 is 18.0 Å². The van der Waals surface area contributed by atoms with Crippen LogP contribution in [0.15, 0.2) is 24.3 Å². The lowest BCUT2D eigenvalue weighted by Crippen LogP contribution is -2.49. The van der Waals surface area contributed by atoms with Crippen LogP contribution in [0.1, 0.15) is 32.3 Å². The Kier molecular flexibility index (Phi) is 6.23. The summed E-state index contributed by atoms with van der Waals surface area (Å²) >= 11 is 0. The largest absolute Gasteiger partial charge is 0.418 e. The maximum Gasteiger partial charge on any atom is 0.418 e. The van der Waals surface area contributed by atoms with Crippen LogP contribution in [0.5, 0.6) is 0 Å². The fourth-order valence-corrected chi connectivity index (χ4v) is 2.93. The van der Waals surface area contributed by atoms with Crippen molar-refractivity contribution in [3.63, 3.8) is 0 Å². The van der Waals surface area contributed by atoms with Crippen LogP contribution in [0.3, 0.4) is 0 Å². The lowest BCUT2D eigenvalue weighted by atomic mass is 10.0. The minimum absolute atomic E-state index is 0.204. The van der Waals surface area contributed by atoms with Gasteiger partial charge in [-0.1, -0.05) is 19.1 Å². The standard InChI is InChI=1S/C17H24F3N3O/c1-3-23-10-8-13(9-11-23)21-12(2)16(24)22-15-7-5-4-6-14(15)17(18,19)20/h4-7,12-13,21H,3,8-11H2,1-2H3,(H,22,24)/t12-/m1/s1. The van der Waals surface area contributed by atoms with E-state index in [-0.39, 0.29) is 11.7 Å². The van der Waals surface area contributed by atoms with Crippen molar-refractivity contribution in [3.8, 4) is 0 Å². The number of hydrogen-bond acceptors (Lipinski definition) is 3. The molecule has 1 aromatic rings. The molecule has 1 amide bonds. The van der Waals surface area contributed by atoms with Crippen LogP contribution in [-0.2, 0) is 11.0 Å². The lowest BCUT2D eigenvalue weighted by Gasteiger charge is -2.33. The van der Waals surface area contributed by atoms with Crippen LogP contribution in [-0.4, -0.2) is 42.5 Å². The Labute approximate surface area is 140 Å². The Morgan fingerprint density at radius 2 is 1.92 bits per heavy atom. The molecule has 0 aliphatic carbocycles. The molecule has 1 saturated heterocycles. The summed E-state index contributed by atoms with van der Waals surface area (Å²) < 4.78 is 38.9. The van der Waals surface area contributed by atoms with Crippen LogP contribution < -0.4 is 10.6 Å². The fourth-order valence-electron chi connectivity index (χ4n) is 2.93. The first kappa shape index (κ1) is 18.7. The molecule has 134 valence electrons. The van der Waals surface area contributed by atoms with E-state index in [1.165, 1.54) is 18.2 Å². The van der Waals surface area contributed by atoms with Gasteiger partial charge in [-0.3, -0.25) is 4.79 Å². The van der Waals surface area contributed by atoms with Crippen LogP contribution in [0.2, 0.25) is 0 Å². The summed E-state index contributed by atoms with van der Waals surface area (Å²) in [4.78, 5) is 14.6. The molecule has 0 spiro atoms. The highest BCUT2D eigenvalue weighted by Crippen LogP contribution is 2.34. The number of halogens is 3. The highest BCUT2D eigenvalue weighted by Gasteiger charge is 2.34. The molecule has 24 heavy (non-hydrogen) atoms. The van der Waals surface area contributed by atoms with Crippen LogP contribution in [0, 0.1) is 0 Å². The molecule has 1 atom stereocenters. The van der Waals surface area contributed by atoms with Gasteiger partial charge >= 0.3 is 6.18 Å². The zero-order valence-electron chi connectivity index (χ0n) is 14.0. The van der Waals surface area contributed by atoms with Crippen molar-refractivity contribution >= 4 is 11.6 Å². The molecule has 1 fully saturated rings. The number of likely N-dealkylation sites (tertiary alicyclic amines) is 1. The van der Waals surface area contributed by atoms with E-state index in [2.05, 4.69) is 22.5 Å². The average Bonchev–Trinajstić information content (AvgIpc) is 2.55. The molecule has 2 N–H and O–H groups in total. The van der Waals surface area contributed by atoms with Gasteiger partial charge in [0.1, 0.15) is 0 Å². The number of nitrogens with one attached hydrogen (secondary N) is 2. The lowest BCUT2D eigenvalue weighted by molar-refractivity contribution is -0.137. The van der Waals surface area contributed by atoms with Crippen LogP contribution >= 0.6 is 0 Å². The van der Waals surface area contributed by atoms with Gasteiger partial charge in [0.15, 0.2) is 0 Å². The third kappa shape index (κ3) is 4.95. The van der Waals surface area contributed by atoms with E-state index in [0.29, 0.717) is 0 Å². The minimum atomic E-state index is -4.49. The summed E-state index contributed by atoms with van der Waals surface area (Å²) in [6.45, 7) is 6.75. The van der Waals surface area contributed by atoms with Gasteiger partial charge in [0.25, 0.3) is 0 Å². The monoisotopic (exact) mass is 343 g/mol. The number of rotatable bonds is 5. The van der Waals surface area contributed by atoms with Gasteiger partial charge in [0.05, 0.1) is 17.3 Å². The highest BCUT2D eigenvalue weighted by atomic mass is 19.4. The molecule has 0 saturated carbocycles. The third-order valence-electron chi connectivity index (χ3n) is 4.40. The first-order chi connectivity index (χ1) is 11.3. The quantitative estimate of drug-likeness (QED) is 0.863. The Balaban J connectivity index is 1.93. The molecule has 2 rings (SSSR count). The molecule has 1 heterocycles. The predicted molar refractivity (Wildman–Crippen MR) is 87.8 cm³/mol. The topological polar surface area (TPSA) is 44.4 Å². The van der Waals surface area contributed by atoms with Crippen LogP contribution in [0.25, 0.3) is 0 Å². The zero-order valence-corrected chi connectivity index (χ0v) is 14.0. The Morgan fingerprint density at radius 3 is 2.50 bits per heavy atom. The molecule has 0 radical (unpaired) electrons. The molecule has 1 aliphatic heterocycles. The molecular weight excluding hydrogens is 319 g/mol. The van der Waals surface area contributed by atoms with Crippen molar-refractivity contribution in [1.82, 2.24) is 10.2 Å². The first-order valence-corrected chi connectivity index (χ1v) is 8.26. The van der Waals surface area contributed by atoms with Gasteiger partial charge in [0.2, 0.25) is 5.91 Å². The number of para-hydroxylation sites is 1. The van der Waals surface area contributed by atoms with Crippen molar-refractivity contribution in [3.05, 3.63) is 29.8 Å². The third-order valence-corrected chi connectivity index (χ3v) is 4.40. The summed E-state index contributed by atoms with van der Waals surface area (Å²) in [6, 6.07) is 4.68. The smallest absolute Gasteiger partial charge is 0.324 e. The number of nitrogens with zero attached hydrogens (tertiary/aromatic N) is 1. The Hall–Kier alpha value is -1.60. The summed E-state index contributed by atoms with van der Waals surface area (Å²) in [5, 5.41) is 5.62. The highest BCUT2D eigenvalue weighted by molar-refractivity contribution is 5.95. The number of hydrogen-bond donors (Lipinski definition) is 2. The molecule has 0 bridgehead atoms. The summed E-state index contributed by atoms with van der Waals surface area (Å²) in [5.41, 5.74) is -1.04. The van der Waals surface area contributed by atoms with E-state index >= 15 is 0 Å². The van der Waals surface area contributed by atoms with Gasteiger partial charge in [-0.15, -0.1) is 0 Å². The van der Waals surface area contributed by atoms with Crippen LogP contribution in [0.4, 0.5) is 18.9 Å². The van der Waals surface area contributed by atoms with Crippen molar-refractivity contribution in [1.29, 1.82) is 0 Å². The predicted octanol–water partition coefficient (Wildman–Crippen LogP) is 3.11.